The van der Waals surface area contributed by atoms with Gasteiger partial charge in [-0.3, -0.25) is 14.0 Å². The van der Waals surface area contributed by atoms with Gasteiger partial charge in [0.25, 0.3) is 0 Å². The van der Waals surface area contributed by atoms with Crippen LogP contribution in [0.4, 0.5) is 10.1 Å². The van der Waals surface area contributed by atoms with Crippen molar-refractivity contribution in [3.8, 4) is 0 Å². The van der Waals surface area contributed by atoms with Crippen molar-refractivity contribution < 1.29 is 22.3 Å². The molecule has 1 aliphatic rings. The largest absolute Gasteiger partial charge is 0.379 e. The van der Waals surface area contributed by atoms with Crippen molar-refractivity contribution in [2.75, 3.05) is 50.0 Å². The molecule has 2 rings (SSSR count). The van der Waals surface area contributed by atoms with Crippen LogP contribution in [-0.4, -0.2) is 70.9 Å². The van der Waals surface area contributed by atoms with Crippen LogP contribution < -0.4 is 9.62 Å². The Morgan fingerprint density at radius 2 is 1.92 bits per heavy atom. The van der Waals surface area contributed by atoms with E-state index >= 15 is 0 Å². The Hall–Kier alpha value is -1.71. The van der Waals surface area contributed by atoms with E-state index in [2.05, 4.69) is 10.2 Å². The second-order valence-corrected chi connectivity index (χ2v) is 8.17. The fourth-order valence-corrected chi connectivity index (χ4v) is 4.06. The molecule has 26 heavy (non-hydrogen) atoms. The first-order valence-corrected chi connectivity index (χ1v) is 10.5. The van der Waals surface area contributed by atoms with Crippen molar-refractivity contribution in [1.82, 2.24) is 10.2 Å². The van der Waals surface area contributed by atoms with Gasteiger partial charge < -0.3 is 10.1 Å². The van der Waals surface area contributed by atoms with E-state index in [1.54, 1.807) is 0 Å². The topological polar surface area (TPSA) is 79.0 Å². The molecule has 0 bridgehead atoms. The minimum absolute atomic E-state index is 0.255. The number of morpholine rings is 1. The Labute approximate surface area is 154 Å². The van der Waals surface area contributed by atoms with E-state index in [4.69, 9.17) is 4.74 Å². The average molecular weight is 387 g/mol. The molecule has 1 aromatic rings. The van der Waals surface area contributed by atoms with Crippen LogP contribution in [0.3, 0.4) is 0 Å². The number of amides is 1. The van der Waals surface area contributed by atoms with Crippen LogP contribution in [0, 0.1) is 5.82 Å². The van der Waals surface area contributed by atoms with Gasteiger partial charge in [-0.05, 0) is 44.2 Å². The number of sulfonamides is 1. The van der Waals surface area contributed by atoms with Crippen LogP contribution in [0.1, 0.15) is 13.3 Å². The van der Waals surface area contributed by atoms with E-state index in [0.717, 1.165) is 49.8 Å². The molecule has 1 saturated heterocycles. The number of benzene rings is 1. The smallest absolute Gasteiger partial charge is 0.243 e. The van der Waals surface area contributed by atoms with E-state index in [1.165, 1.54) is 31.2 Å². The van der Waals surface area contributed by atoms with Crippen molar-refractivity contribution in [1.29, 1.82) is 0 Å². The van der Waals surface area contributed by atoms with E-state index in [-0.39, 0.29) is 11.6 Å². The zero-order valence-corrected chi connectivity index (χ0v) is 16.0. The van der Waals surface area contributed by atoms with Crippen LogP contribution in [0.5, 0.6) is 0 Å². The third-order valence-electron chi connectivity index (χ3n) is 4.22. The Bertz CT molecular complexity index is 690. The van der Waals surface area contributed by atoms with Gasteiger partial charge in [-0.15, -0.1) is 0 Å². The number of carbonyl (C=O) groups is 1. The molecule has 9 heteroatoms. The van der Waals surface area contributed by atoms with Crippen molar-refractivity contribution in [2.24, 2.45) is 0 Å². The highest BCUT2D eigenvalue weighted by Crippen LogP contribution is 2.21. The summed E-state index contributed by atoms with van der Waals surface area (Å²) in [7, 11) is -3.69. The molecule has 1 N–H and O–H groups in total. The molecule has 1 unspecified atom stereocenters. The summed E-state index contributed by atoms with van der Waals surface area (Å²) in [6, 6.07) is 4.09. The molecule has 1 aromatic carbocycles. The Morgan fingerprint density at radius 3 is 2.50 bits per heavy atom. The summed E-state index contributed by atoms with van der Waals surface area (Å²) in [5, 5.41) is 2.78. The number of anilines is 1. The van der Waals surface area contributed by atoms with Gasteiger partial charge in [0.2, 0.25) is 15.9 Å². The predicted molar refractivity (Wildman–Crippen MR) is 98.1 cm³/mol. The van der Waals surface area contributed by atoms with E-state index < -0.39 is 21.9 Å². The van der Waals surface area contributed by atoms with Gasteiger partial charge in [0, 0.05) is 19.6 Å². The molecule has 1 atom stereocenters. The molecule has 7 nitrogen and oxygen atoms in total. The lowest BCUT2D eigenvalue weighted by molar-refractivity contribution is -0.121. The number of hydrogen-bond donors (Lipinski definition) is 1. The molecule has 146 valence electrons. The molecule has 0 aliphatic carbocycles. The Kier molecular flexibility index (Phi) is 7.36. The summed E-state index contributed by atoms with van der Waals surface area (Å²) in [5.74, 6) is -0.857. The molecule has 1 fully saturated rings. The minimum atomic E-state index is -3.69. The Balaban J connectivity index is 1.91. The third-order valence-corrected chi connectivity index (χ3v) is 5.47. The lowest BCUT2D eigenvalue weighted by atomic mass is 10.2. The zero-order chi connectivity index (χ0) is 19.2. The first kappa shape index (κ1) is 20.6. The summed E-state index contributed by atoms with van der Waals surface area (Å²) < 4.78 is 43.7. The maximum atomic E-state index is 13.1. The van der Waals surface area contributed by atoms with Crippen LogP contribution >= 0.6 is 0 Å². The Morgan fingerprint density at radius 1 is 1.31 bits per heavy atom. The summed E-state index contributed by atoms with van der Waals surface area (Å²) in [6.07, 6.45) is 1.80. The van der Waals surface area contributed by atoms with Crippen molar-refractivity contribution in [2.45, 2.75) is 19.4 Å². The normalized spacial score (nSPS) is 16.9. The van der Waals surface area contributed by atoms with Crippen molar-refractivity contribution in [3.63, 3.8) is 0 Å². The quantitative estimate of drug-likeness (QED) is 0.668. The highest BCUT2D eigenvalue weighted by atomic mass is 32.2. The number of halogens is 1. The highest BCUT2D eigenvalue weighted by molar-refractivity contribution is 7.92. The van der Waals surface area contributed by atoms with Gasteiger partial charge in [-0.25, -0.2) is 12.8 Å². The molecular weight excluding hydrogens is 361 g/mol. The number of nitrogens with one attached hydrogen (secondary N) is 1. The van der Waals surface area contributed by atoms with Crippen LogP contribution in [0.15, 0.2) is 24.3 Å². The van der Waals surface area contributed by atoms with E-state index in [9.17, 15) is 17.6 Å². The van der Waals surface area contributed by atoms with Gasteiger partial charge in [0.1, 0.15) is 11.9 Å². The molecule has 0 saturated carbocycles. The lowest BCUT2D eigenvalue weighted by Gasteiger charge is -2.29. The molecule has 0 aromatic heterocycles. The maximum absolute atomic E-state index is 13.1. The van der Waals surface area contributed by atoms with Gasteiger partial charge in [0.05, 0.1) is 25.2 Å². The van der Waals surface area contributed by atoms with Gasteiger partial charge in [-0.1, -0.05) is 0 Å². The summed E-state index contributed by atoms with van der Waals surface area (Å²) in [5.41, 5.74) is 0.255. The van der Waals surface area contributed by atoms with Crippen molar-refractivity contribution >= 4 is 21.6 Å². The third kappa shape index (κ3) is 5.93. The van der Waals surface area contributed by atoms with Crippen LogP contribution in [0.2, 0.25) is 0 Å². The summed E-state index contributed by atoms with van der Waals surface area (Å²) >= 11 is 0. The SMILES string of the molecule is CC(C(=O)NCCCN1CCOCC1)N(c1ccc(F)cc1)S(C)(=O)=O. The lowest BCUT2D eigenvalue weighted by Crippen LogP contribution is -2.48. The number of nitrogens with zero attached hydrogens (tertiary/aromatic N) is 2. The molecule has 0 radical (unpaired) electrons. The first-order chi connectivity index (χ1) is 12.3. The average Bonchev–Trinajstić information content (AvgIpc) is 2.60. The standard InChI is InChI=1S/C17H26FN3O4S/c1-14(17(22)19-8-3-9-20-10-12-25-13-11-20)21(26(2,23)24)16-6-4-15(18)5-7-16/h4-7,14H,3,8-13H2,1-2H3,(H,19,22). The van der Waals surface area contributed by atoms with Crippen molar-refractivity contribution in [3.05, 3.63) is 30.1 Å². The molecule has 1 amide bonds. The van der Waals surface area contributed by atoms with Gasteiger partial charge >= 0.3 is 0 Å². The predicted octanol–water partition coefficient (Wildman–Crippen LogP) is 0.819. The number of rotatable bonds is 8. The summed E-state index contributed by atoms with van der Waals surface area (Å²) in [4.78, 5) is 14.7. The number of ether oxygens (including phenoxy) is 1. The maximum Gasteiger partial charge on any atom is 0.243 e. The minimum Gasteiger partial charge on any atom is -0.379 e. The van der Waals surface area contributed by atoms with E-state index in [0.29, 0.717) is 6.54 Å². The monoisotopic (exact) mass is 387 g/mol. The summed E-state index contributed by atoms with van der Waals surface area (Å²) in [6.45, 7) is 6.05. The number of hydrogen-bond acceptors (Lipinski definition) is 5. The second-order valence-electron chi connectivity index (χ2n) is 6.31. The van der Waals surface area contributed by atoms with Crippen LogP contribution in [0.25, 0.3) is 0 Å². The van der Waals surface area contributed by atoms with Crippen LogP contribution in [-0.2, 0) is 19.6 Å². The molecule has 1 aliphatic heterocycles. The van der Waals surface area contributed by atoms with Gasteiger partial charge in [-0.2, -0.15) is 0 Å². The van der Waals surface area contributed by atoms with Gasteiger partial charge in [0.15, 0.2) is 0 Å². The highest BCUT2D eigenvalue weighted by Gasteiger charge is 2.28. The fraction of sp³-hybridized carbons (Fsp3) is 0.588. The zero-order valence-electron chi connectivity index (χ0n) is 15.2. The fourth-order valence-electron chi connectivity index (χ4n) is 2.88. The second kappa shape index (κ2) is 9.29. The van der Waals surface area contributed by atoms with E-state index in [1.807, 2.05) is 0 Å². The molecule has 0 spiro atoms. The first-order valence-electron chi connectivity index (χ1n) is 8.62. The molecule has 1 heterocycles. The number of carbonyl (C=O) groups excluding carboxylic acids is 1. The molecular formula is C17H26FN3O4S.